The van der Waals surface area contributed by atoms with Crippen LogP contribution in [0.3, 0.4) is 0 Å². The van der Waals surface area contributed by atoms with E-state index >= 15 is 0 Å². The van der Waals surface area contributed by atoms with Gasteiger partial charge in [0.25, 0.3) is 0 Å². The van der Waals surface area contributed by atoms with Crippen molar-refractivity contribution in [1.82, 2.24) is 4.83 Å². The highest BCUT2D eigenvalue weighted by atomic mass is 32.2. The monoisotopic (exact) mass is 105 g/mol. The van der Waals surface area contributed by atoms with E-state index in [4.69, 9.17) is 11.1 Å². The topological polar surface area (TPSA) is 61.8 Å². The van der Waals surface area contributed by atoms with Crippen molar-refractivity contribution < 1.29 is 0 Å². The summed E-state index contributed by atoms with van der Waals surface area (Å²) in [6.45, 7) is 0. The molecule has 0 saturated carbocycles. The molecular formula is C2H7N3S. The number of thiocyanates is 1. The van der Waals surface area contributed by atoms with Gasteiger partial charge >= 0.3 is 0 Å². The van der Waals surface area contributed by atoms with Gasteiger partial charge in [0, 0.05) is 0 Å². The summed E-state index contributed by atoms with van der Waals surface area (Å²) in [5, 5.41) is 9.91. The Morgan fingerprint density at radius 3 is 2.50 bits per heavy atom. The third-order valence-electron chi connectivity index (χ3n) is 0.344. The molecule has 1 atom stereocenters. The van der Waals surface area contributed by atoms with Crippen LogP contribution in [0.5, 0.6) is 0 Å². The summed E-state index contributed by atoms with van der Waals surface area (Å²) in [5.41, 5.74) is 0. The van der Waals surface area contributed by atoms with E-state index in [1.165, 1.54) is 0 Å². The fraction of sp³-hybridized carbons (Fsp3) is 0.500. The van der Waals surface area contributed by atoms with Crippen molar-refractivity contribution in [3.8, 4) is 5.40 Å². The molecule has 0 bridgehead atoms. The summed E-state index contributed by atoms with van der Waals surface area (Å²) in [5.74, 6) is 4.84. The largest absolute Gasteiger partial charge is 0.262 e. The van der Waals surface area contributed by atoms with E-state index in [1.54, 1.807) is 6.26 Å². The molecule has 0 aliphatic carbocycles. The second-order valence-corrected chi connectivity index (χ2v) is 2.36. The van der Waals surface area contributed by atoms with Crippen LogP contribution in [0.25, 0.3) is 0 Å². The van der Waals surface area contributed by atoms with E-state index in [1.807, 2.05) is 5.40 Å². The number of hydrazine groups is 1. The molecule has 0 radical (unpaired) electrons. The van der Waals surface area contributed by atoms with Crippen LogP contribution in [-0.2, 0) is 0 Å². The van der Waals surface area contributed by atoms with Crippen LogP contribution in [0.15, 0.2) is 0 Å². The van der Waals surface area contributed by atoms with E-state index in [2.05, 4.69) is 4.83 Å². The zero-order valence-electron chi connectivity index (χ0n) is 3.47. The van der Waals surface area contributed by atoms with Gasteiger partial charge in [-0.15, -0.1) is 11.1 Å². The lowest BCUT2D eigenvalue weighted by atomic mass is 11.8. The summed E-state index contributed by atoms with van der Waals surface area (Å²) in [4.78, 5) is 2.32. The SMILES string of the molecule is C[SH](C#N)NN. The first-order valence-corrected chi connectivity index (χ1v) is 3.20. The molecule has 0 heterocycles. The van der Waals surface area contributed by atoms with Gasteiger partial charge in [0.2, 0.25) is 0 Å². The van der Waals surface area contributed by atoms with Crippen molar-refractivity contribution in [2.45, 2.75) is 0 Å². The number of nitriles is 1. The molecule has 0 saturated heterocycles. The molecule has 6 heavy (non-hydrogen) atoms. The minimum atomic E-state index is -0.743. The smallest absolute Gasteiger partial charge is 0.125 e. The number of rotatable bonds is 1. The van der Waals surface area contributed by atoms with Crippen molar-refractivity contribution in [2.24, 2.45) is 5.84 Å². The fourth-order valence-corrected chi connectivity index (χ4v) is 0.0866. The number of nitrogens with one attached hydrogen (secondary N) is 1. The molecule has 0 aliphatic rings. The average Bonchev–Trinajstić information content (AvgIpc) is 1.65. The molecule has 4 heteroatoms. The third-order valence-corrected chi connectivity index (χ3v) is 1.03. The number of hydrogen-bond acceptors (Lipinski definition) is 3. The van der Waals surface area contributed by atoms with Gasteiger partial charge in [0.05, 0.1) is 0 Å². The van der Waals surface area contributed by atoms with Gasteiger partial charge in [0.1, 0.15) is 5.40 Å². The Bertz CT molecular complexity index is 65.7. The second kappa shape index (κ2) is 2.97. The van der Waals surface area contributed by atoms with Crippen LogP contribution in [0, 0.1) is 10.7 Å². The van der Waals surface area contributed by atoms with E-state index in [-0.39, 0.29) is 0 Å². The minimum Gasteiger partial charge on any atom is -0.262 e. The van der Waals surface area contributed by atoms with Gasteiger partial charge in [-0.3, -0.25) is 5.84 Å². The van der Waals surface area contributed by atoms with E-state index in [0.717, 1.165) is 0 Å². The van der Waals surface area contributed by atoms with Crippen LogP contribution < -0.4 is 10.7 Å². The standard InChI is InChI=1S/C2H7N3S/c1-6(2-3)5-4/h5-6H,4H2,1H3. The maximum absolute atomic E-state index is 7.97. The highest BCUT2D eigenvalue weighted by Gasteiger charge is 1.79. The van der Waals surface area contributed by atoms with Crippen molar-refractivity contribution in [3.05, 3.63) is 0 Å². The molecule has 0 aromatic rings. The zero-order valence-corrected chi connectivity index (χ0v) is 4.37. The quantitative estimate of drug-likeness (QED) is 0.182. The Labute approximate surface area is 39.6 Å². The second-order valence-electron chi connectivity index (χ2n) is 0.788. The van der Waals surface area contributed by atoms with Crippen LogP contribution >= 0.6 is 11.1 Å². The summed E-state index contributed by atoms with van der Waals surface area (Å²) in [6, 6.07) is 0. The Morgan fingerprint density at radius 1 is 2.00 bits per heavy atom. The van der Waals surface area contributed by atoms with E-state index in [0.29, 0.717) is 0 Å². The van der Waals surface area contributed by atoms with Gasteiger partial charge in [-0.05, 0) is 6.26 Å². The van der Waals surface area contributed by atoms with Gasteiger partial charge in [-0.25, -0.2) is 4.83 Å². The molecule has 36 valence electrons. The summed E-state index contributed by atoms with van der Waals surface area (Å²) in [7, 11) is 0. The highest BCUT2D eigenvalue weighted by molar-refractivity contribution is 8.18. The third kappa shape index (κ3) is 2.03. The first-order chi connectivity index (χ1) is 2.81. The molecule has 1 unspecified atom stereocenters. The fourth-order valence-electron chi connectivity index (χ4n) is 0.0289. The van der Waals surface area contributed by atoms with Crippen molar-refractivity contribution in [3.63, 3.8) is 0 Å². The van der Waals surface area contributed by atoms with Gasteiger partial charge in [-0.2, -0.15) is 5.26 Å². The van der Waals surface area contributed by atoms with Crippen molar-refractivity contribution >= 4 is 11.1 Å². The first kappa shape index (κ1) is 5.76. The number of hydrogen-bond donors (Lipinski definition) is 3. The average molecular weight is 105 g/mol. The molecule has 0 amide bonds. The Balaban J connectivity index is 3.04. The van der Waals surface area contributed by atoms with Crippen molar-refractivity contribution in [2.75, 3.05) is 6.26 Å². The lowest BCUT2D eigenvalue weighted by Crippen LogP contribution is -2.15. The first-order valence-electron chi connectivity index (χ1n) is 1.41. The predicted octanol–water partition coefficient (Wildman–Crippen LogP) is -0.523. The lowest BCUT2D eigenvalue weighted by Gasteiger charge is -1.98. The highest BCUT2D eigenvalue weighted by Crippen LogP contribution is 2.04. The van der Waals surface area contributed by atoms with Gasteiger partial charge < -0.3 is 0 Å². The molecule has 0 aliphatic heterocycles. The van der Waals surface area contributed by atoms with Crippen LogP contribution in [0.1, 0.15) is 0 Å². The Morgan fingerprint density at radius 2 is 2.50 bits per heavy atom. The molecule has 3 N–H and O–H groups in total. The molecule has 0 aromatic carbocycles. The normalized spacial score (nSPS) is 15.8. The van der Waals surface area contributed by atoms with Crippen LogP contribution in [-0.4, -0.2) is 6.26 Å². The van der Waals surface area contributed by atoms with Gasteiger partial charge in [-0.1, -0.05) is 0 Å². The summed E-state index contributed by atoms with van der Waals surface area (Å²) < 4.78 is 0. The van der Waals surface area contributed by atoms with E-state index < -0.39 is 11.1 Å². The number of nitrogens with zero attached hydrogens (tertiary/aromatic N) is 1. The molecule has 0 rings (SSSR count). The summed E-state index contributed by atoms with van der Waals surface area (Å²) >= 11 is -0.743. The van der Waals surface area contributed by atoms with Crippen LogP contribution in [0.2, 0.25) is 0 Å². The lowest BCUT2D eigenvalue weighted by molar-refractivity contribution is 1.12. The molecule has 0 fully saturated rings. The number of thiol groups is 1. The molecular weight excluding hydrogens is 98.1 g/mol. The van der Waals surface area contributed by atoms with Gasteiger partial charge in [0.15, 0.2) is 0 Å². The zero-order chi connectivity index (χ0) is 4.99. The Hall–Kier alpha value is -0.240. The maximum atomic E-state index is 7.97. The maximum Gasteiger partial charge on any atom is 0.125 e. The predicted molar refractivity (Wildman–Crippen MR) is 27.8 cm³/mol. The van der Waals surface area contributed by atoms with Crippen LogP contribution in [0.4, 0.5) is 0 Å². The van der Waals surface area contributed by atoms with Crippen molar-refractivity contribution in [1.29, 1.82) is 5.26 Å². The number of nitrogens with two attached hydrogens (primary N) is 1. The summed E-state index contributed by atoms with van der Waals surface area (Å²) in [6.07, 6.45) is 1.75. The van der Waals surface area contributed by atoms with E-state index in [9.17, 15) is 0 Å². The Kier molecular flexibility index (Phi) is 2.85. The molecule has 0 aromatic heterocycles. The minimum absolute atomic E-state index is 0.743. The molecule has 3 nitrogen and oxygen atoms in total. The molecule has 0 spiro atoms.